The minimum Gasteiger partial charge on any atom is -0.463 e. The van der Waals surface area contributed by atoms with E-state index in [1.165, 1.54) is 72.8 Å². The maximum absolute atomic E-state index is 14.8. The lowest BCUT2D eigenvalue weighted by atomic mass is 9.93. The third-order valence-corrected chi connectivity index (χ3v) is 13.0. The fraction of sp³-hybridized carbons (Fsp3) is 0.283. The minimum atomic E-state index is -2.10. The summed E-state index contributed by atoms with van der Waals surface area (Å²) in [7, 11) is 0. The Balaban J connectivity index is 1.30. The Morgan fingerprint density at radius 3 is 1.45 bits per heavy atom. The number of imide groups is 1. The molecule has 10 atom stereocenters. The molecule has 396 valence electrons. The van der Waals surface area contributed by atoms with Crippen LogP contribution in [0.1, 0.15) is 69.1 Å². The molecule has 0 aliphatic carbocycles. The fourth-order valence-electron chi connectivity index (χ4n) is 8.44. The van der Waals surface area contributed by atoms with E-state index in [1.54, 1.807) is 72.8 Å². The van der Waals surface area contributed by atoms with Crippen molar-refractivity contribution in [3.8, 4) is 0 Å². The van der Waals surface area contributed by atoms with Crippen LogP contribution in [-0.4, -0.2) is 136 Å². The molecule has 0 radical (unpaired) electrons. The van der Waals surface area contributed by atoms with Crippen molar-refractivity contribution >= 4 is 98.5 Å². The predicted octanol–water partition coefficient (Wildman–Crippen LogP) is 7.44. The standard InChI is InChI=1S/C53H44BrCl3N2O17/c1-29(60)68-26-36-40(42(74-49(65)32-20-10-4-11-21-32)38(44(54)71-36)58-52(67)70-28-53(55,56)57)76-51-39(59-45(61)34-24-14-15-25-35(34)46(59)62)43(75-50(66)33-22-12-5-13-23-33)41(73-48(64)31-18-8-3-9-19-31)37(72-51)27-69-47(63)30-16-6-2-7-17-30/h2-25,36-44,51H,26-28H2,1H3,(H,58,67)/t36-,37-,38-,39-,40-,41-,42-,43-,44+,51+/m1/s1. The maximum atomic E-state index is 14.8. The van der Waals surface area contributed by atoms with Crippen molar-refractivity contribution in [3.63, 3.8) is 0 Å². The summed E-state index contributed by atoms with van der Waals surface area (Å²) in [6.07, 6.45) is -13.9. The Bertz CT molecular complexity index is 2890. The molecule has 0 bridgehead atoms. The van der Waals surface area contributed by atoms with Crippen LogP contribution in [0.2, 0.25) is 0 Å². The quantitative estimate of drug-likeness (QED) is 0.0437. The molecule has 3 aliphatic heterocycles. The zero-order valence-electron chi connectivity index (χ0n) is 39.7. The molecule has 3 amide bonds. The first-order valence-electron chi connectivity index (χ1n) is 23.2. The van der Waals surface area contributed by atoms with Gasteiger partial charge >= 0.3 is 35.9 Å². The molecule has 3 heterocycles. The molecular formula is C53H44BrCl3N2O17. The fourth-order valence-corrected chi connectivity index (χ4v) is 9.31. The van der Waals surface area contributed by atoms with Crippen molar-refractivity contribution in [1.82, 2.24) is 10.2 Å². The van der Waals surface area contributed by atoms with E-state index in [4.69, 9.17) is 77.4 Å². The molecule has 2 fully saturated rings. The van der Waals surface area contributed by atoms with Crippen molar-refractivity contribution < 1.29 is 81.0 Å². The average molecular weight is 1170 g/mol. The number of carbonyl (C=O) groups excluding carboxylic acids is 8. The van der Waals surface area contributed by atoms with Gasteiger partial charge < -0.3 is 47.9 Å². The molecule has 3 aliphatic rings. The van der Waals surface area contributed by atoms with E-state index < -0.39 is 131 Å². The van der Waals surface area contributed by atoms with Gasteiger partial charge in [-0.3, -0.25) is 19.3 Å². The van der Waals surface area contributed by atoms with E-state index in [1.807, 2.05) is 0 Å². The van der Waals surface area contributed by atoms with Gasteiger partial charge in [0, 0.05) is 6.92 Å². The molecule has 0 unspecified atom stereocenters. The Morgan fingerprint density at radius 2 is 0.974 bits per heavy atom. The highest BCUT2D eigenvalue weighted by Crippen LogP contribution is 2.40. The van der Waals surface area contributed by atoms with Crippen molar-refractivity contribution in [1.29, 1.82) is 0 Å². The zero-order valence-corrected chi connectivity index (χ0v) is 43.5. The third-order valence-electron chi connectivity index (χ3n) is 11.9. The molecule has 0 saturated carbocycles. The van der Waals surface area contributed by atoms with Crippen LogP contribution >= 0.6 is 50.7 Å². The first kappa shape index (κ1) is 55.3. The van der Waals surface area contributed by atoms with Crippen LogP contribution in [0, 0.1) is 0 Å². The first-order valence-corrected chi connectivity index (χ1v) is 25.2. The van der Waals surface area contributed by atoms with E-state index >= 15 is 0 Å². The molecule has 76 heavy (non-hydrogen) atoms. The van der Waals surface area contributed by atoms with Crippen LogP contribution in [0.3, 0.4) is 0 Å². The summed E-state index contributed by atoms with van der Waals surface area (Å²) in [4.78, 5) is 113. The van der Waals surface area contributed by atoms with Gasteiger partial charge in [-0.05, 0) is 60.7 Å². The topological polar surface area (TPSA) is 235 Å². The van der Waals surface area contributed by atoms with Gasteiger partial charge in [0.2, 0.25) is 3.79 Å². The number of benzene rings is 5. The lowest BCUT2D eigenvalue weighted by Crippen LogP contribution is -2.70. The number of alkyl halides is 4. The molecule has 19 nitrogen and oxygen atoms in total. The Labute approximate surface area is 456 Å². The number of nitrogens with one attached hydrogen (secondary N) is 1. The number of hydrogen-bond acceptors (Lipinski definition) is 17. The zero-order chi connectivity index (χ0) is 54.1. The second kappa shape index (κ2) is 24.8. The number of esters is 5. The van der Waals surface area contributed by atoms with Crippen molar-refractivity contribution in [2.45, 2.75) is 70.7 Å². The number of fused-ring (bicyclic) bond motifs is 1. The second-order valence-electron chi connectivity index (χ2n) is 17.0. The van der Waals surface area contributed by atoms with Crippen LogP contribution in [0.25, 0.3) is 0 Å². The highest BCUT2D eigenvalue weighted by molar-refractivity contribution is 9.09. The van der Waals surface area contributed by atoms with Gasteiger partial charge in [-0.15, -0.1) is 0 Å². The molecule has 2 saturated heterocycles. The molecule has 0 aromatic heterocycles. The SMILES string of the molecule is CC(=O)OC[C@H]1O[C@H](Br)[C@H](NC(=O)OCC(Cl)(Cl)Cl)[C@@H](OC(=O)c2ccccc2)[C@@H]1O[C@@H]1O[C@H](COC(=O)c2ccccc2)[C@@H](OC(=O)c2ccccc2)[C@H](OC(=O)c2ccccc2)[C@H]1N1C(=O)c2ccccc2C1=O. The summed E-state index contributed by atoms with van der Waals surface area (Å²) in [5, 5.41) is 1.20. The lowest BCUT2D eigenvalue weighted by molar-refractivity contribution is -0.315. The molecule has 0 spiro atoms. The van der Waals surface area contributed by atoms with Crippen LogP contribution in [-0.2, 0) is 47.4 Å². The monoisotopic (exact) mass is 1160 g/mol. The number of rotatable bonds is 16. The second-order valence-corrected chi connectivity index (χ2v) is 20.4. The number of hydrogen-bond donors (Lipinski definition) is 1. The molecule has 5 aromatic rings. The molecule has 1 N–H and O–H groups in total. The smallest absolute Gasteiger partial charge is 0.407 e. The first-order chi connectivity index (χ1) is 36.5. The van der Waals surface area contributed by atoms with E-state index in [-0.39, 0.29) is 33.4 Å². The number of nitrogens with zero attached hydrogens (tertiary/aromatic N) is 1. The number of ether oxygens (including phenoxy) is 9. The van der Waals surface area contributed by atoms with Crippen LogP contribution in [0.5, 0.6) is 0 Å². The Morgan fingerprint density at radius 1 is 0.553 bits per heavy atom. The van der Waals surface area contributed by atoms with E-state index in [0.717, 1.165) is 6.92 Å². The maximum Gasteiger partial charge on any atom is 0.407 e. The van der Waals surface area contributed by atoms with E-state index in [0.29, 0.717) is 4.90 Å². The van der Waals surface area contributed by atoms with Gasteiger partial charge in [0.15, 0.2) is 24.6 Å². The summed E-state index contributed by atoms with van der Waals surface area (Å²) in [6.45, 7) is -1.06. The number of carbonyl (C=O) groups is 8. The summed E-state index contributed by atoms with van der Waals surface area (Å²) in [5.74, 6) is -6.57. The summed E-state index contributed by atoms with van der Waals surface area (Å²) < 4.78 is 52.9. The highest BCUT2D eigenvalue weighted by Gasteiger charge is 2.60. The van der Waals surface area contributed by atoms with Gasteiger partial charge in [0.25, 0.3) is 11.8 Å². The number of halogens is 4. The molecule has 5 aromatic carbocycles. The van der Waals surface area contributed by atoms with Crippen molar-refractivity contribution in [2.75, 3.05) is 19.8 Å². The average Bonchev–Trinajstić information content (AvgIpc) is 3.81. The Kier molecular flexibility index (Phi) is 18.1. The van der Waals surface area contributed by atoms with Gasteiger partial charge in [-0.25, -0.2) is 24.0 Å². The normalized spacial score (nSPS) is 24.0. The molecule has 23 heteroatoms. The van der Waals surface area contributed by atoms with Crippen LogP contribution < -0.4 is 5.32 Å². The van der Waals surface area contributed by atoms with Gasteiger partial charge in [0.05, 0.1) is 33.4 Å². The third kappa shape index (κ3) is 13.4. The largest absolute Gasteiger partial charge is 0.463 e. The number of alkyl carbamates (subject to hydrolysis) is 1. The lowest BCUT2D eigenvalue weighted by Gasteiger charge is -2.50. The molecular weight excluding hydrogens is 1120 g/mol. The van der Waals surface area contributed by atoms with Crippen molar-refractivity contribution in [2.24, 2.45) is 0 Å². The highest BCUT2D eigenvalue weighted by atomic mass is 79.9. The van der Waals surface area contributed by atoms with Gasteiger partial charge in [-0.1, -0.05) is 136 Å². The van der Waals surface area contributed by atoms with E-state index in [9.17, 15) is 38.4 Å². The predicted molar refractivity (Wildman–Crippen MR) is 271 cm³/mol. The number of amides is 3. The summed E-state index contributed by atoms with van der Waals surface area (Å²) in [5.41, 5.74) is -0.0644. The van der Waals surface area contributed by atoms with Gasteiger partial charge in [0.1, 0.15) is 55.2 Å². The minimum absolute atomic E-state index is 0.0114. The van der Waals surface area contributed by atoms with Crippen LogP contribution in [0.15, 0.2) is 146 Å². The van der Waals surface area contributed by atoms with Crippen LogP contribution in [0.4, 0.5) is 4.79 Å². The molecule has 8 rings (SSSR count). The Hall–Kier alpha value is -6.91. The summed E-state index contributed by atoms with van der Waals surface area (Å²) >= 11 is 21.0. The van der Waals surface area contributed by atoms with Crippen molar-refractivity contribution in [3.05, 3.63) is 179 Å². The summed E-state index contributed by atoms with van der Waals surface area (Å²) in [6, 6.07) is 32.9. The van der Waals surface area contributed by atoms with E-state index in [2.05, 4.69) is 21.2 Å². The van der Waals surface area contributed by atoms with Gasteiger partial charge in [-0.2, -0.15) is 0 Å².